The Kier molecular flexibility index (Phi) is 4.19. The van der Waals surface area contributed by atoms with E-state index in [1.807, 2.05) is 0 Å². The fraction of sp³-hybridized carbons (Fsp3) is 0.600. The molecule has 1 aromatic carbocycles. The number of ether oxygens (including phenoxy) is 1. The summed E-state index contributed by atoms with van der Waals surface area (Å²) >= 11 is 0. The van der Waals surface area contributed by atoms with E-state index in [1.54, 1.807) is 7.11 Å². The number of benzene rings is 1. The Balaban J connectivity index is 1.86. The largest absolute Gasteiger partial charge is 0.385 e. The molecule has 0 spiro atoms. The van der Waals surface area contributed by atoms with E-state index in [2.05, 4.69) is 37.3 Å². The van der Waals surface area contributed by atoms with Crippen molar-refractivity contribution in [2.45, 2.75) is 31.7 Å². The normalized spacial score (nSPS) is 26.5. The lowest BCUT2D eigenvalue weighted by Crippen LogP contribution is -2.31. The molecule has 1 saturated carbocycles. The van der Waals surface area contributed by atoms with E-state index in [0.29, 0.717) is 23.8 Å². The van der Waals surface area contributed by atoms with E-state index < -0.39 is 0 Å². The number of hydrogen-bond acceptors (Lipinski definition) is 2. The van der Waals surface area contributed by atoms with Crippen molar-refractivity contribution in [1.29, 1.82) is 0 Å². The van der Waals surface area contributed by atoms with Crippen LogP contribution >= 0.6 is 0 Å². The van der Waals surface area contributed by atoms with Crippen molar-refractivity contribution >= 4 is 0 Å². The zero-order chi connectivity index (χ0) is 12.3. The van der Waals surface area contributed by atoms with Crippen LogP contribution in [0.15, 0.2) is 30.3 Å². The first kappa shape index (κ1) is 12.6. The molecule has 0 aliphatic heterocycles. The van der Waals surface area contributed by atoms with Crippen molar-refractivity contribution in [3.05, 3.63) is 35.9 Å². The molecule has 0 heterocycles. The predicted octanol–water partition coefficient (Wildman–Crippen LogP) is 2.79. The van der Waals surface area contributed by atoms with Crippen molar-refractivity contribution in [3.8, 4) is 0 Å². The van der Waals surface area contributed by atoms with E-state index in [-0.39, 0.29) is 0 Å². The summed E-state index contributed by atoms with van der Waals surface area (Å²) in [5.41, 5.74) is 7.79. The van der Waals surface area contributed by atoms with E-state index in [9.17, 15) is 0 Å². The molecular weight excluding hydrogens is 210 g/mol. The Labute approximate surface area is 104 Å². The van der Waals surface area contributed by atoms with Crippen LogP contribution < -0.4 is 5.73 Å². The van der Waals surface area contributed by atoms with Crippen molar-refractivity contribution in [2.75, 3.05) is 13.7 Å². The third-order valence-electron chi connectivity index (χ3n) is 4.00. The second kappa shape index (κ2) is 5.65. The number of methoxy groups -OCH3 is 1. The topological polar surface area (TPSA) is 35.2 Å². The molecule has 2 nitrogen and oxygen atoms in total. The van der Waals surface area contributed by atoms with E-state index in [1.165, 1.54) is 12.0 Å². The van der Waals surface area contributed by atoms with Gasteiger partial charge in [-0.05, 0) is 36.2 Å². The molecule has 2 rings (SSSR count). The summed E-state index contributed by atoms with van der Waals surface area (Å²) in [6, 6.07) is 11.1. The van der Waals surface area contributed by atoms with Crippen molar-refractivity contribution in [3.63, 3.8) is 0 Å². The summed E-state index contributed by atoms with van der Waals surface area (Å²) in [7, 11) is 1.75. The molecule has 4 atom stereocenters. The van der Waals surface area contributed by atoms with Gasteiger partial charge < -0.3 is 10.5 Å². The second-order valence-electron chi connectivity index (χ2n) is 5.25. The van der Waals surface area contributed by atoms with Crippen LogP contribution in [-0.2, 0) is 4.74 Å². The van der Waals surface area contributed by atoms with Crippen LogP contribution in [0.4, 0.5) is 0 Å². The maximum absolute atomic E-state index is 6.34. The lowest BCUT2D eigenvalue weighted by atomic mass is 9.93. The van der Waals surface area contributed by atoms with E-state index in [0.717, 1.165) is 13.0 Å². The highest BCUT2D eigenvalue weighted by Crippen LogP contribution is 2.50. The zero-order valence-corrected chi connectivity index (χ0v) is 10.8. The zero-order valence-electron chi connectivity index (χ0n) is 10.8. The third kappa shape index (κ3) is 3.08. The van der Waals surface area contributed by atoms with E-state index in [4.69, 9.17) is 10.5 Å². The molecule has 94 valence electrons. The minimum absolute atomic E-state index is 0.315. The number of nitrogens with two attached hydrogens (primary N) is 1. The second-order valence-corrected chi connectivity index (χ2v) is 5.25. The monoisotopic (exact) mass is 233 g/mol. The van der Waals surface area contributed by atoms with Crippen LogP contribution in [-0.4, -0.2) is 19.8 Å². The fourth-order valence-corrected chi connectivity index (χ4v) is 2.64. The van der Waals surface area contributed by atoms with Gasteiger partial charge in [0, 0.05) is 19.8 Å². The van der Waals surface area contributed by atoms with Crippen LogP contribution in [0.1, 0.15) is 31.2 Å². The summed E-state index contributed by atoms with van der Waals surface area (Å²) in [6.45, 7) is 3.06. The van der Waals surface area contributed by atoms with Gasteiger partial charge in [0.05, 0.1) is 0 Å². The highest BCUT2D eigenvalue weighted by Gasteiger charge is 2.43. The summed E-state index contributed by atoms with van der Waals surface area (Å²) in [5.74, 6) is 1.91. The molecule has 0 amide bonds. The molecular formula is C15H23NO. The van der Waals surface area contributed by atoms with Gasteiger partial charge in [-0.2, -0.15) is 0 Å². The summed E-state index contributed by atoms with van der Waals surface area (Å²) < 4.78 is 5.12. The molecule has 0 saturated heterocycles. The van der Waals surface area contributed by atoms with E-state index >= 15 is 0 Å². The molecule has 17 heavy (non-hydrogen) atoms. The predicted molar refractivity (Wildman–Crippen MR) is 70.9 cm³/mol. The van der Waals surface area contributed by atoms with Crippen molar-refractivity contribution in [2.24, 2.45) is 17.6 Å². The minimum Gasteiger partial charge on any atom is -0.385 e. The highest BCUT2D eigenvalue weighted by atomic mass is 16.5. The average molecular weight is 233 g/mol. The van der Waals surface area contributed by atoms with Gasteiger partial charge in [0.2, 0.25) is 0 Å². The third-order valence-corrected chi connectivity index (χ3v) is 4.00. The number of rotatable bonds is 6. The van der Waals surface area contributed by atoms with Crippen LogP contribution in [0, 0.1) is 11.8 Å². The van der Waals surface area contributed by atoms with Gasteiger partial charge >= 0.3 is 0 Å². The summed E-state index contributed by atoms with van der Waals surface area (Å²) in [6.07, 6.45) is 2.32. The molecule has 2 N–H and O–H groups in total. The molecule has 2 heteroatoms. The first-order valence-corrected chi connectivity index (χ1v) is 6.53. The Bertz CT molecular complexity index is 338. The lowest BCUT2D eigenvalue weighted by Gasteiger charge is -2.19. The SMILES string of the molecule is COCCC(C)C(N)C1CC1c1ccccc1. The fourth-order valence-electron chi connectivity index (χ4n) is 2.64. The van der Waals surface area contributed by atoms with Crippen LogP contribution in [0.2, 0.25) is 0 Å². The Morgan fingerprint density at radius 3 is 2.71 bits per heavy atom. The molecule has 1 aromatic rings. The maximum Gasteiger partial charge on any atom is 0.0465 e. The molecule has 0 radical (unpaired) electrons. The van der Waals surface area contributed by atoms with Crippen molar-refractivity contribution in [1.82, 2.24) is 0 Å². The first-order chi connectivity index (χ1) is 8.24. The van der Waals surface area contributed by atoms with Gasteiger partial charge in [0.1, 0.15) is 0 Å². The first-order valence-electron chi connectivity index (χ1n) is 6.53. The van der Waals surface area contributed by atoms with Crippen LogP contribution in [0.3, 0.4) is 0 Å². The standard InChI is InChI=1S/C15H23NO/c1-11(8-9-17-2)15(16)14-10-13(14)12-6-4-3-5-7-12/h3-7,11,13-15H,8-10,16H2,1-2H3. The Hall–Kier alpha value is -0.860. The smallest absolute Gasteiger partial charge is 0.0465 e. The Morgan fingerprint density at radius 2 is 2.06 bits per heavy atom. The van der Waals surface area contributed by atoms with Gasteiger partial charge in [-0.3, -0.25) is 0 Å². The molecule has 0 bridgehead atoms. The minimum atomic E-state index is 0.315. The van der Waals surface area contributed by atoms with Crippen LogP contribution in [0.25, 0.3) is 0 Å². The van der Waals surface area contributed by atoms with Crippen LogP contribution in [0.5, 0.6) is 0 Å². The quantitative estimate of drug-likeness (QED) is 0.820. The summed E-state index contributed by atoms with van der Waals surface area (Å²) in [4.78, 5) is 0. The molecule has 1 fully saturated rings. The molecule has 1 aliphatic carbocycles. The Morgan fingerprint density at radius 1 is 1.35 bits per heavy atom. The maximum atomic E-state index is 6.34. The van der Waals surface area contributed by atoms with Gasteiger partial charge in [-0.15, -0.1) is 0 Å². The van der Waals surface area contributed by atoms with Gasteiger partial charge in [-0.25, -0.2) is 0 Å². The molecule has 0 aromatic heterocycles. The average Bonchev–Trinajstić information content (AvgIpc) is 3.16. The van der Waals surface area contributed by atoms with Gasteiger partial charge in [0.25, 0.3) is 0 Å². The molecule has 1 aliphatic rings. The number of hydrogen-bond donors (Lipinski definition) is 1. The molecule has 4 unspecified atom stereocenters. The van der Waals surface area contributed by atoms with Gasteiger partial charge in [-0.1, -0.05) is 37.3 Å². The lowest BCUT2D eigenvalue weighted by molar-refractivity contribution is 0.172. The highest BCUT2D eigenvalue weighted by molar-refractivity contribution is 5.26. The summed E-state index contributed by atoms with van der Waals surface area (Å²) in [5, 5.41) is 0. The van der Waals surface area contributed by atoms with Gasteiger partial charge in [0.15, 0.2) is 0 Å². The van der Waals surface area contributed by atoms with Crippen molar-refractivity contribution < 1.29 is 4.74 Å².